The van der Waals surface area contributed by atoms with Crippen LogP contribution < -0.4 is 4.74 Å². The van der Waals surface area contributed by atoms with Gasteiger partial charge in [0, 0.05) is 11.1 Å². The Morgan fingerprint density at radius 1 is 0.275 bits per heavy atom. The molecular formula is C50H30O. The Kier molecular flexibility index (Phi) is 5.17. The molecule has 2 spiro atoms. The van der Waals surface area contributed by atoms with Crippen molar-refractivity contribution in [2.75, 3.05) is 0 Å². The number of para-hydroxylation sites is 1. The van der Waals surface area contributed by atoms with Gasteiger partial charge in [-0.15, -0.1) is 0 Å². The minimum Gasteiger partial charge on any atom is -0.457 e. The third-order valence-electron chi connectivity index (χ3n) is 12.2. The molecular weight excluding hydrogens is 617 g/mol. The van der Waals surface area contributed by atoms with Gasteiger partial charge in [-0.05, 0) is 90.0 Å². The molecule has 0 amide bonds. The van der Waals surface area contributed by atoms with Gasteiger partial charge in [-0.2, -0.15) is 0 Å². The average Bonchev–Trinajstić information content (AvgIpc) is 3.79. The summed E-state index contributed by atoms with van der Waals surface area (Å²) >= 11 is 0. The van der Waals surface area contributed by atoms with Crippen molar-refractivity contribution in [2.24, 2.45) is 0 Å². The lowest BCUT2D eigenvalue weighted by molar-refractivity contribution is 0.436. The molecule has 0 saturated heterocycles. The molecule has 4 aliphatic rings. The van der Waals surface area contributed by atoms with Gasteiger partial charge in [-0.1, -0.05) is 170 Å². The number of benzene rings is 8. The van der Waals surface area contributed by atoms with Crippen LogP contribution in [0, 0.1) is 0 Å². The van der Waals surface area contributed by atoms with Crippen LogP contribution in [0.25, 0.3) is 44.5 Å². The van der Waals surface area contributed by atoms with Crippen LogP contribution in [-0.4, -0.2) is 0 Å². The fourth-order valence-corrected chi connectivity index (χ4v) is 10.4. The van der Waals surface area contributed by atoms with Crippen molar-refractivity contribution >= 4 is 0 Å². The normalized spacial score (nSPS) is 15.1. The highest BCUT2D eigenvalue weighted by Gasteiger charge is 2.53. The smallest absolute Gasteiger partial charge is 0.132 e. The van der Waals surface area contributed by atoms with Gasteiger partial charge >= 0.3 is 0 Å². The zero-order valence-corrected chi connectivity index (χ0v) is 27.7. The molecule has 0 atom stereocenters. The Balaban J connectivity index is 1.13. The minimum absolute atomic E-state index is 0.375. The van der Waals surface area contributed by atoms with Gasteiger partial charge in [-0.25, -0.2) is 0 Å². The number of ether oxygens (including phenoxy) is 1. The van der Waals surface area contributed by atoms with Gasteiger partial charge in [-0.3, -0.25) is 0 Å². The van der Waals surface area contributed by atoms with E-state index in [1.54, 1.807) is 0 Å². The van der Waals surface area contributed by atoms with Crippen LogP contribution in [0.1, 0.15) is 44.5 Å². The van der Waals surface area contributed by atoms with E-state index in [1.807, 2.05) is 0 Å². The van der Waals surface area contributed by atoms with Crippen LogP contribution in [0.15, 0.2) is 182 Å². The third-order valence-corrected chi connectivity index (χ3v) is 12.2. The molecule has 1 nitrogen and oxygen atoms in total. The zero-order chi connectivity index (χ0) is 33.3. The van der Waals surface area contributed by atoms with Crippen molar-refractivity contribution < 1.29 is 4.74 Å². The molecule has 0 bridgehead atoms. The molecule has 1 aliphatic heterocycles. The molecule has 0 N–H and O–H groups in total. The van der Waals surface area contributed by atoms with Crippen LogP contribution in [-0.2, 0) is 10.8 Å². The van der Waals surface area contributed by atoms with E-state index >= 15 is 0 Å². The lowest BCUT2D eigenvalue weighted by Gasteiger charge is -2.39. The van der Waals surface area contributed by atoms with E-state index in [1.165, 1.54) is 83.5 Å². The topological polar surface area (TPSA) is 9.23 Å². The van der Waals surface area contributed by atoms with E-state index in [-0.39, 0.29) is 5.41 Å². The molecule has 1 heterocycles. The van der Waals surface area contributed by atoms with Gasteiger partial charge in [0.05, 0.1) is 10.8 Å². The summed E-state index contributed by atoms with van der Waals surface area (Å²) in [7, 11) is 0. The molecule has 0 aromatic heterocycles. The Morgan fingerprint density at radius 2 is 0.667 bits per heavy atom. The molecule has 0 fully saturated rings. The number of hydrogen-bond acceptors (Lipinski definition) is 1. The maximum atomic E-state index is 6.93. The molecule has 8 aromatic rings. The molecule has 1 heteroatoms. The van der Waals surface area contributed by atoms with Crippen LogP contribution in [0.5, 0.6) is 11.5 Å². The van der Waals surface area contributed by atoms with E-state index < -0.39 is 5.41 Å². The van der Waals surface area contributed by atoms with Crippen molar-refractivity contribution in [3.8, 4) is 56.0 Å². The van der Waals surface area contributed by atoms with Crippen molar-refractivity contribution in [3.63, 3.8) is 0 Å². The summed E-state index contributed by atoms with van der Waals surface area (Å²) in [5.41, 5.74) is 19.8. The Hall–Kier alpha value is -6.44. The van der Waals surface area contributed by atoms with Gasteiger partial charge in [0.2, 0.25) is 0 Å². The van der Waals surface area contributed by atoms with Crippen molar-refractivity contribution in [1.29, 1.82) is 0 Å². The molecule has 236 valence electrons. The van der Waals surface area contributed by atoms with Gasteiger partial charge < -0.3 is 4.74 Å². The third kappa shape index (κ3) is 3.15. The predicted molar refractivity (Wildman–Crippen MR) is 206 cm³/mol. The summed E-state index contributed by atoms with van der Waals surface area (Å²) in [4.78, 5) is 0. The average molecular weight is 647 g/mol. The van der Waals surface area contributed by atoms with Gasteiger partial charge in [0.1, 0.15) is 11.5 Å². The summed E-state index contributed by atoms with van der Waals surface area (Å²) in [5.74, 6) is 1.82. The lowest BCUT2D eigenvalue weighted by Crippen LogP contribution is -2.32. The Bertz CT molecular complexity index is 2710. The maximum absolute atomic E-state index is 6.93. The van der Waals surface area contributed by atoms with Crippen molar-refractivity contribution in [2.45, 2.75) is 10.8 Å². The standard InChI is InChI=1S/C50H30O/c1-6-20-38-33(14-1)34-15-2-7-21-39(34)49(38)42-24-10-5-18-37(42)48-32(19-13-26-45(48)49)31-28-29-44-47(30-31)51-46-27-12-11-25-43(46)50(44)40-22-8-3-16-35(40)36-17-4-9-23-41(36)50/h1-30H. The summed E-state index contributed by atoms with van der Waals surface area (Å²) in [5, 5.41) is 0. The highest BCUT2D eigenvalue weighted by molar-refractivity contribution is 6.00. The predicted octanol–water partition coefficient (Wildman–Crippen LogP) is 12.2. The van der Waals surface area contributed by atoms with E-state index in [0.29, 0.717) is 0 Å². The molecule has 51 heavy (non-hydrogen) atoms. The molecule has 12 rings (SSSR count). The largest absolute Gasteiger partial charge is 0.457 e. The number of hydrogen-bond donors (Lipinski definition) is 0. The van der Waals surface area contributed by atoms with Gasteiger partial charge in [0.25, 0.3) is 0 Å². The maximum Gasteiger partial charge on any atom is 0.132 e. The highest BCUT2D eigenvalue weighted by Crippen LogP contribution is 2.65. The van der Waals surface area contributed by atoms with Crippen LogP contribution >= 0.6 is 0 Å². The Labute approximate surface area is 297 Å². The molecule has 3 aliphatic carbocycles. The van der Waals surface area contributed by atoms with Crippen LogP contribution in [0.2, 0.25) is 0 Å². The minimum atomic E-state index is -0.470. The molecule has 0 radical (unpaired) electrons. The fourth-order valence-electron chi connectivity index (χ4n) is 10.4. The zero-order valence-electron chi connectivity index (χ0n) is 27.7. The van der Waals surface area contributed by atoms with Crippen molar-refractivity contribution in [3.05, 3.63) is 226 Å². The van der Waals surface area contributed by atoms with Crippen LogP contribution in [0.4, 0.5) is 0 Å². The van der Waals surface area contributed by atoms with Gasteiger partial charge in [0.15, 0.2) is 0 Å². The second kappa shape index (κ2) is 9.62. The van der Waals surface area contributed by atoms with Crippen LogP contribution in [0.3, 0.4) is 0 Å². The fraction of sp³-hybridized carbons (Fsp3) is 0.0400. The second-order valence-corrected chi connectivity index (χ2v) is 14.3. The second-order valence-electron chi connectivity index (χ2n) is 14.3. The monoisotopic (exact) mass is 646 g/mol. The molecule has 8 aromatic carbocycles. The van der Waals surface area contributed by atoms with E-state index in [2.05, 4.69) is 182 Å². The first-order valence-corrected chi connectivity index (χ1v) is 17.9. The van der Waals surface area contributed by atoms with Crippen molar-refractivity contribution in [1.82, 2.24) is 0 Å². The number of fused-ring (bicyclic) bond motifs is 19. The summed E-state index contributed by atoms with van der Waals surface area (Å²) in [6.45, 7) is 0. The summed E-state index contributed by atoms with van der Waals surface area (Å²) in [6, 6.07) is 67.4. The first-order chi connectivity index (χ1) is 25.3. The van der Waals surface area contributed by atoms with E-state index in [0.717, 1.165) is 17.1 Å². The SMILES string of the molecule is c1ccc2c(c1)Oc1cc(-c3cccc4c3-c3ccccc3C43c4ccccc4-c4ccccc43)ccc1C21c2ccccc2-c2ccccc21. The quantitative estimate of drug-likeness (QED) is 0.172. The van der Waals surface area contributed by atoms with E-state index in [9.17, 15) is 0 Å². The summed E-state index contributed by atoms with van der Waals surface area (Å²) in [6.07, 6.45) is 0. The first kappa shape index (κ1) is 27.4. The number of rotatable bonds is 1. The molecule has 0 unspecified atom stereocenters. The highest BCUT2D eigenvalue weighted by atomic mass is 16.5. The summed E-state index contributed by atoms with van der Waals surface area (Å²) < 4.78 is 6.93. The lowest BCUT2D eigenvalue weighted by atomic mass is 9.66. The molecule has 0 saturated carbocycles. The Morgan fingerprint density at radius 3 is 1.24 bits per heavy atom. The van der Waals surface area contributed by atoms with E-state index in [4.69, 9.17) is 4.74 Å². The first-order valence-electron chi connectivity index (χ1n) is 17.9.